The van der Waals surface area contributed by atoms with E-state index in [4.69, 9.17) is 9.72 Å². The number of aromatic nitrogens is 2. The molecule has 2 fully saturated rings. The van der Waals surface area contributed by atoms with Crippen LogP contribution in [0.2, 0.25) is 0 Å². The van der Waals surface area contributed by atoms with Gasteiger partial charge in [-0.15, -0.1) is 11.8 Å². The third-order valence-electron chi connectivity index (χ3n) is 8.04. The second-order valence-corrected chi connectivity index (χ2v) is 13.4. The van der Waals surface area contributed by atoms with E-state index in [2.05, 4.69) is 90.4 Å². The molecule has 0 saturated carbocycles. The van der Waals surface area contributed by atoms with Gasteiger partial charge in [0.2, 0.25) is 0 Å². The van der Waals surface area contributed by atoms with Crippen molar-refractivity contribution < 1.29 is 9.53 Å². The van der Waals surface area contributed by atoms with Crippen LogP contribution in [-0.4, -0.2) is 63.5 Å². The molecule has 0 bridgehead atoms. The lowest BCUT2D eigenvalue weighted by Gasteiger charge is -2.60. The molecule has 0 atom stereocenters. The molecule has 7 heteroatoms. The molecule has 3 aromatic carbocycles. The van der Waals surface area contributed by atoms with Crippen LogP contribution in [-0.2, 0) is 18.3 Å². The number of thioether (sulfide) groups is 1. The Morgan fingerprint density at radius 2 is 1.60 bits per heavy atom. The van der Waals surface area contributed by atoms with Crippen molar-refractivity contribution >= 4 is 28.9 Å². The average molecular weight is 555 g/mol. The maximum absolute atomic E-state index is 12.3. The maximum atomic E-state index is 12.3. The fourth-order valence-electron chi connectivity index (χ4n) is 6.12. The first kappa shape index (κ1) is 26.9. The number of hydrogen-bond donors (Lipinski definition) is 0. The summed E-state index contributed by atoms with van der Waals surface area (Å²) in [6, 6.07) is 22.1. The minimum absolute atomic E-state index is 0.187. The van der Waals surface area contributed by atoms with Crippen molar-refractivity contribution in [1.29, 1.82) is 0 Å². The largest absolute Gasteiger partial charge is 0.444 e. The Bertz CT molecular complexity index is 1550. The summed E-state index contributed by atoms with van der Waals surface area (Å²) in [4.78, 5) is 22.8. The van der Waals surface area contributed by atoms with Crippen molar-refractivity contribution in [3.8, 4) is 22.5 Å². The van der Waals surface area contributed by atoms with Crippen LogP contribution < -0.4 is 0 Å². The molecular weight excluding hydrogens is 516 g/mol. The van der Waals surface area contributed by atoms with E-state index < -0.39 is 5.60 Å². The number of fused-ring (bicyclic) bond motifs is 1. The van der Waals surface area contributed by atoms with E-state index >= 15 is 0 Å². The fraction of sp³-hybridized carbons (Fsp3) is 0.394. The van der Waals surface area contributed by atoms with Gasteiger partial charge in [-0.05, 0) is 80.5 Å². The normalized spacial score (nSPS) is 16.7. The number of hydrogen-bond acceptors (Lipinski definition) is 5. The van der Waals surface area contributed by atoms with Gasteiger partial charge in [0.25, 0.3) is 0 Å². The molecule has 6 rings (SSSR count). The van der Waals surface area contributed by atoms with Crippen LogP contribution in [0.5, 0.6) is 0 Å². The van der Waals surface area contributed by atoms with E-state index in [0.717, 1.165) is 55.1 Å². The third kappa shape index (κ3) is 5.13. The Morgan fingerprint density at radius 3 is 2.23 bits per heavy atom. The van der Waals surface area contributed by atoms with E-state index in [0.29, 0.717) is 0 Å². The van der Waals surface area contributed by atoms with E-state index in [1.165, 1.54) is 27.1 Å². The molecule has 1 spiro atoms. The number of carbonyl (C=O) groups excluding carboxylic acids is 1. The second-order valence-electron chi connectivity index (χ2n) is 12.6. The zero-order valence-corrected chi connectivity index (χ0v) is 25.1. The highest BCUT2D eigenvalue weighted by Crippen LogP contribution is 2.41. The highest BCUT2D eigenvalue weighted by Gasteiger charge is 2.53. The summed E-state index contributed by atoms with van der Waals surface area (Å²) < 4.78 is 7.71. The van der Waals surface area contributed by atoms with Gasteiger partial charge in [0.15, 0.2) is 0 Å². The first-order valence-corrected chi connectivity index (χ1v) is 15.2. The highest BCUT2D eigenvalue weighted by atomic mass is 32.2. The van der Waals surface area contributed by atoms with Crippen LogP contribution in [0.1, 0.15) is 31.9 Å². The van der Waals surface area contributed by atoms with Gasteiger partial charge in [-0.1, -0.05) is 36.4 Å². The van der Waals surface area contributed by atoms with Gasteiger partial charge in [-0.25, -0.2) is 9.78 Å². The molecule has 4 aromatic rings. The van der Waals surface area contributed by atoms with Crippen molar-refractivity contribution in [3.63, 3.8) is 0 Å². The SMILES string of the molecule is CSc1ccc(-c2nc3c(C)cc(-c4ccc(CN5CC6(C5)CN(C(=O)OC(C)(C)C)C6)cc4)cc3n2C)cc1. The van der Waals surface area contributed by atoms with E-state index in [-0.39, 0.29) is 11.5 Å². The number of imidazole rings is 1. The Kier molecular flexibility index (Phi) is 6.70. The number of aryl methyl sites for hydroxylation is 2. The molecule has 0 radical (unpaired) electrons. The second kappa shape index (κ2) is 9.96. The monoisotopic (exact) mass is 554 g/mol. The first-order valence-electron chi connectivity index (χ1n) is 13.9. The number of amides is 1. The standard InChI is InChI=1S/C33H38N4O2S/c1-22-15-26(16-28-29(22)34-30(35(28)5)25-11-13-27(40-6)14-12-25)24-9-7-23(8-10-24)17-36-18-33(19-36)20-37(21-33)31(38)39-32(2,3)4/h7-16H,17-21H2,1-6H3. The molecule has 3 heterocycles. The molecule has 2 aliphatic heterocycles. The fourth-order valence-corrected chi connectivity index (χ4v) is 6.52. The van der Waals surface area contributed by atoms with Gasteiger partial charge >= 0.3 is 6.09 Å². The summed E-state index contributed by atoms with van der Waals surface area (Å²) in [5, 5.41) is 0. The van der Waals surface area contributed by atoms with Gasteiger partial charge in [0, 0.05) is 55.6 Å². The van der Waals surface area contributed by atoms with Gasteiger partial charge in [-0.2, -0.15) is 0 Å². The third-order valence-corrected chi connectivity index (χ3v) is 8.78. The summed E-state index contributed by atoms with van der Waals surface area (Å²) in [7, 11) is 2.11. The van der Waals surface area contributed by atoms with E-state index in [1.54, 1.807) is 11.8 Å². The Morgan fingerprint density at radius 1 is 0.950 bits per heavy atom. The molecule has 1 amide bonds. The van der Waals surface area contributed by atoms with Crippen LogP contribution in [0, 0.1) is 12.3 Å². The van der Waals surface area contributed by atoms with Gasteiger partial charge < -0.3 is 14.2 Å². The Hall–Kier alpha value is -3.29. The maximum Gasteiger partial charge on any atom is 0.410 e. The van der Waals surface area contributed by atoms with Crippen LogP contribution in [0.4, 0.5) is 4.79 Å². The minimum Gasteiger partial charge on any atom is -0.444 e. The molecule has 0 aliphatic carbocycles. The summed E-state index contributed by atoms with van der Waals surface area (Å²) >= 11 is 1.75. The first-order chi connectivity index (χ1) is 19.0. The summed E-state index contributed by atoms with van der Waals surface area (Å²) in [5.74, 6) is 0.992. The molecular formula is C33H38N4O2S. The summed E-state index contributed by atoms with van der Waals surface area (Å²) in [6.07, 6.45) is 1.91. The number of carbonyl (C=O) groups is 1. The lowest BCUT2D eigenvalue weighted by Crippen LogP contribution is -2.72. The molecule has 208 valence electrons. The van der Waals surface area contributed by atoms with Crippen molar-refractivity contribution in [3.05, 3.63) is 71.8 Å². The topological polar surface area (TPSA) is 50.6 Å². The zero-order chi connectivity index (χ0) is 28.2. The quantitative estimate of drug-likeness (QED) is 0.249. The Balaban J connectivity index is 1.11. The van der Waals surface area contributed by atoms with Crippen molar-refractivity contribution in [2.45, 2.75) is 44.7 Å². The van der Waals surface area contributed by atoms with Crippen LogP contribution >= 0.6 is 11.8 Å². The van der Waals surface area contributed by atoms with Gasteiger partial charge in [0.05, 0.1) is 11.0 Å². The van der Waals surface area contributed by atoms with Gasteiger partial charge in [-0.3, -0.25) is 4.90 Å². The van der Waals surface area contributed by atoms with Gasteiger partial charge in [0.1, 0.15) is 11.4 Å². The summed E-state index contributed by atoms with van der Waals surface area (Å²) in [6.45, 7) is 12.5. The number of likely N-dealkylation sites (tertiary alicyclic amines) is 2. The van der Waals surface area contributed by atoms with E-state index in [9.17, 15) is 4.79 Å². The molecule has 2 saturated heterocycles. The number of benzene rings is 3. The van der Waals surface area contributed by atoms with Crippen molar-refractivity contribution in [1.82, 2.24) is 19.4 Å². The molecule has 6 nitrogen and oxygen atoms in total. The van der Waals surface area contributed by atoms with Crippen molar-refractivity contribution in [2.75, 3.05) is 32.4 Å². The van der Waals surface area contributed by atoms with Crippen LogP contribution in [0.25, 0.3) is 33.5 Å². The van der Waals surface area contributed by atoms with Crippen molar-refractivity contribution in [2.24, 2.45) is 12.5 Å². The Labute approximate surface area is 241 Å². The number of nitrogens with zero attached hydrogens (tertiary/aromatic N) is 4. The predicted molar refractivity (Wildman–Crippen MR) is 164 cm³/mol. The van der Waals surface area contributed by atoms with E-state index in [1.807, 2.05) is 25.7 Å². The smallest absolute Gasteiger partial charge is 0.410 e. The zero-order valence-electron chi connectivity index (χ0n) is 24.3. The molecule has 2 aliphatic rings. The molecule has 0 N–H and O–H groups in total. The number of ether oxygens (including phenoxy) is 1. The van der Waals surface area contributed by atoms with Crippen LogP contribution in [0.3, 0.4) is 0 Å². The lowest BCUT2D eigenvalue weighted by atomic mass is 9.73. The molecule has 1 aromatic heterocycles. The lowest BCUT2D eigenvalue weighted by molar-refractivity contribution is -0.115. The molecule has 40 heavy (non-hydrogen) atoms. The molecule has 0 unspecified atom stereocenters. The van der Waals surface area contributed by atoms with Crippen LogP contribution in [0.15, 0.2) is 65.6 Å². The summed E-state index contributed by atoms with van der Waals surface area (Å²) in [5.41, 5.74) is 8.08. The minimum atomic E-state index is -0.441. The average Bonchev–Trinajstić information content (AvgIpc) is 3.21. The number of rotatable bonds is 5. The highest BCUT2D eigenvalue weighted by molar-refractivity contribution is 7.98. The predicted octanol–water partition coefficient (Wildman–Crippen LogP) is 6.99.